The summed E-state index contributed by atoms with van der Waals surface area (Å²) in [5.74, 6) is 0. The molecular weight excluding hydrogens is 218 g/mol. The van der Waals surface area contributed by atoms with Crippen LogP contribution in [0.25, 0.3) is 0 Å². The number of rotatable bonds is 3. The summed E-state index contributed by atoms with van der Waals surface area (Å²) in [6.45, 7) is 9.12. The van der Waals surface area contributed by atoms with E-state index in [1.165, 1.54) is 6.20 Å². The molecule has 0 saturated carbocycles. The van der Waals surface area contributed by atoms with Crippen molar-refractivity contribution in [1.82, 2.24) is 0 Å². The molecule has 68 valence electrons. The number of allylic oxidation sites excluding steroid dienone is 2. The Morgan fingerprint density at radius 3 is 2.33 bits per heavy atom. The largest absolute Gasteiger partial charge is 0.297 e. The van der Waals surface area contributed by atoms with E-state index >= 15 is 0 Å². The maximum absolute atomic E-state index is 10.0. The first-order valence-electron chi connectivity index (χ1n) is 3.68. The Labute approximate surface area is 82.2 Å². The van der Waals surface area contributed by atoms with Crippen molar-refractivity contribution in [3.63, 3.8) is 0 Å². The van der Waals surface area contributed by atoms with Gasteiger partial charge in [-0.3, -0.25) is 9.79 Å². The molecule has 3 heteroatoms. The number of nitrogens with zero attached hydrogens (tertiary/aromatic N) is 1. The Balaban J connectivity index is 0. The molecule has 0 rings (SSSR count). The lowest BCUT2D eigenvalue weighted by atomic mass is 10.5. The molecule has 0 spiro atoms. The Kier molecular flexibility index (Phi) is 11.9. The highest BCUT2D eigenvalue weighted by molar-refractivity contribution is 9.11. The van der Waals surface area contributed by atoms with Gasteiger partial charge >= 0.3 is 0 Å². The van der Waals surface area contributed by atoms with E-state index in [9.17, 15) is 4.79 Å². The number of halogens is 1. The van der Waals surface area contributed by atoms with Crippen LogP contribution in [0.15, 0.2) is 28.3 Å². The third kappa shape index (κ3) is 9.30. The maximum atomic E-state index is 10.0. The summed E-state index contributed by atoms with van der Waals surface area (Å²) in [7, 11) is 0. The Bertz CT molecular complexity index is 173. The molecule has 0 unspecified atom stereocenters. The fourth-order valence-corrected chi connectivity index (χ4v) is 0.349. The second-order valence-electron chi connectivity index (χ2n) is 1.61. The van der Waals surface area contributed by atoms with Gasteiger partial charge in [0.1, 0.15) is 0 Å². The average Bonchev–Trinajstić information content (AvgIpc) is 2.16. The summed E-state index contributed by atoms with van der Waals surface area (Å²) in [5, 5.41) is 0. The molecule has 0 N–H and O–H groups in total. The van der Waals surface area contributed by atoms with Gasteiger partial charge in [-0.25, -0.2) is 0 Å². The van der Waals surface area contributed by atoms with Crippen LogP contribution >= 0.6 is 15.9 Å². The van der Waals surface area contributed by atoms with Crippen molar-refractivity contribution < 1.29 is 4.79 Å². The van der Waals surface area contributed by atoms with Crippen LogP contribution in [0, 0.1) is 0 Å². The summed E-state index contributed by atoms with van der Waals surface area (Å²) in [6, 6.07) is 0. The molecule has 0 saturated heterocycles. The fraction of sp³-hybridized carbons (Fsp3) is 0.333. The summed E-state index contributed by atoms with van der Waals surface area (Å²) in [4.78, 5) is 13.8. The van der Waals surface area contributed by atoms with E-state index in [1.807, 2.05) is 13.8 Å². The van der Waals surface area contributed by atoms with Gasteiger partial charge in [0.05, 0.1) is 5.71 Å². The van der Waals surface area contributed by atoms with Gasteiger partial charge in [-0.05, 0) is 22.9 Å². The van der Waals surface area contributed by atoms with Crippen molar-refractivity contribution in [3.05, 3.63) is 23.3 Å². The fourth-order valence-electron chi connectivity index (χ4n) is 0.247. The SMILES string of the molecule is C=C/C(Br)=C\N=C(C)C=O.CC. The smallest absolute Gasteiger partial charge is 0.163 e. The van der Waals surface area contributed by atoms with Crippen LogP contribution in [0.4, 0.5) is 0 Å². The standard InChI is InChI=1S/C7H8BrNO.C2H6/c1-3-7(8)4-9-6(2)5-10;1-2/h3-5H,1H2,2H3;1-2H3/b7-4+,9-6?;. The highest BCUT2D eigenvalue weighted by Crippen LogP contribution is 2.04. The molecule has 0 aromatic rings. The van der Waals surface area contributed by atoms with Crippen LogP contribution in [0.5, 0.6) is 0 Å². The average molecular weight is 232 g/mol. The second kappa shape index (κ2) is 10.3. The first kappa shape index (κ1) is 13.9. The minimum absolute atomic E-state index is 0.443. The number of aldehydes is 1. The number of carbonyl (C=O) groups excluding carboxylic acids is 1. The van der Waals surface area contributed by atoms with Gasteiger partial charge in [-0.1, -0.05) is 26.5 Å². The van der Waals surface area contributed by atoms with Crippen molar-refractivity contribution >= 4 is 27.9 Å². The van der Waals surface area contributed by atoms with Gasteiger partial charge < -0.3 is 0 Å². The summed E-state index contributed by atoms with van der Waals surface area (Å²) in [5.41, 5.74) is 0.443. The predicted molar refractivity (Wildman–Crippen MR) is 57.7 cm³/mol. The molecule has 0 aliphatic rings. The first-order chi connectivity index (χ1) is 5.70. The van der Waals surface area contributed by atoms with E-state index in [-0.39, 0.29) is 0 Å². The van der Waals surface area contributed by atoms with E-state index in [0.717, 1.165) is 4.48 Å². The second-order valence-corrected chi connectivity index (χ2v) is 2.52. The quantitative estimate of drug-likeness (QED) is 0.417. The Hall–Kier alpha value is -0.700. The summed E-state index contributed by atoms with van der Waals surface area (Å²) in [6.07, 6.45) is 3.82. The molecule has 0 aliphatic carbocycles. The van der Waals surface area contributed by atoms with Crippen molar-refractivity contribution in [2.75, 3.05) is 0 Å². The molecule has 0 aromatic carbocycles. The zero-order valence-corrected chi connectivity index (χ0v) is 9.26. The molecule has 0 radical (unpaired) electrons. The Morgan fingerprint density at radius 1 is 1.50 bits per heavy atom. The highest BCUT2D eigenvalue weighted by atomic mass is 79.9. The molecule has 12 heavy (non-hydrogen) atoms. The third-order valence-corrected chi connectivity index (χ3v) is 1.29. The number of hydrogen-bond donors (Lipinski definition) is 0. The normalized spacial score (nSPS) is 11.3. The van der Waals surface area contributed by atoms with Crippen molar-refractivity contribution in [2.45, 2.75) is 20.8 Å². The van der Waals surface area contributed by atoms with Crippen LogP contribution in [0.2, 0.25) is 0 Å². The molecule has 2 nitrogen and oxygen atoms in total. The molecule has 0 heterocycles. The van der Waals surface area contributed by atoms with E-state index < -0.39 is 0 Å². The molecule has 0 aromatic heterocycles. The van der Waals surface area contributed by atoms with Crippen LogP contribution < -0.4 is 0 Å². The molecule has 0 atom stereocenters. The lowest BCUT2D eigenvalue weighted by molar-refractivity contribution is -0.102. The van der Waals surface area contributed by atoms with Crippen LogP contribution in [-0.4, -0.2) is 12.0 Å². The van der Waals surface area contributed by atoms with E-state index in [1.54, 1.807) is 13.0 Å². The third-order valence-electron chi connectivity index (χ3n) is 0.757. The molecule has 0 fully saturated rings. The van der Waals surface area contributed by atoms with Crippen molar-refractivity contribution in [3.8, 4) is 0 Å². The van der Waals surface area contributed by atoms with E-state index in [0.29, 0.717) is 12.0 Å². The topological polar surface area (TPSA) is 29.4 Å². The van der Waals surface area contributed by atoms with Gasteiger partial charge in [0, 0.05) is 10.7 Å². The van der Waals surface area contributed by atoms with Gasteiger partial charge in [-0.2, -0.15) is 0 Å². The van der Waals surface area contributed by atoms with Gasteiger partial charge in [0.15, 0.2) is 6.29 Å². The monoisotopic (exact) mass is 231 g/mol. The number of hydrogen-bond acceptors (Lipinski definition) is 2. The Morgan fingerprint density at radius 2 is 2.00 bits per heavy atom. The lowest BCUT2D eigenvalue weighted by Gasteiger charge is -1.83. The summed E-state index contributed by atoms with van der Waals surface area (Å²) < 4.78 is 0.758. The van der Waals surface area contributed by atoms with E-state index in [2.05, 4.69) is 27.5 Å². The first-order valence-corrected chi connectivity index (χ1v) is 4.47. The predicted octanol–water partition coefficient (Wildman–Crippen LogP) is 3.09. The van der Waals surface area contributed by atoms with Gasteiger partial charge in [0.25, 0.3) is 0 Å². The number of carbonyl (C=O) groups is 1. The number of aliphatic imine (C=N–C) groups is 1. The van der Waals surface area contributed by atoms with Gasteiger partial charge in [0.2, 0.25) is 0 Å². The van der Waals surface area contributed by atoms with Crippen molar-refractivity contribution in [2.24, 2.45) is 4.99 Å². The zero-order valence-electron chi connectivity index (χ0n) is 7.67. The maximum Gasteiger partial charge on any atom is 0.163 e. The molecule has 0 amide bonds. The molecular formula is C9H14BrNO. The summed E-state index contributed by atoms with van der Waals surface area (Å²) >= 11 is 3.15. The zero-order chi connectivity index (χ0) is 9.98. The highest BCUT2D eigenvalue weighted by Gasteiger charge is 1.82. The van der Waals surface area contributed by atoms with Crippen LogP contribution in [0.1, 0.15) is 20.8 Å². The van der Waals surface area contributed by atoms with Gasteiger partial charge in [-0.15, -0.1) is 0 Å². The molecule has 0 aliphatic heterocycles. The van der Waals surface area contributed by atoms with Crippen LogP contribution in [0.3, 0.4) is 0 Å². The lowest BCUT2D eigenvalue weighted by Crippen LogP contribution is -1.88. The minimum atomic E-state index is 0.443. The van der Waals surface area contributed by atoms with Crippen molar-refractivity contribution in [1.29, 1.82) is 0 Å². The van der Waals surface area contributed by atoms with Crippen LogP contribution in [-0.2, 0) is 4.79 Å². The molecule has 0 bridgehead atoms. The van der Waals surface area contributed by atoms with E-state index in [4.69, 9.17) is 0 Å². The minimum Gasteiger partial charge on any atom is -0.297 e.